The molecule has 1 N–H and O–H groups in total. The predicted molar refractivity (Wildman–Crippen MR) is 117 cm³/mol. The van der Waals surface area contributed by atoms with Crippen LogP contribution >= 0.6 is 0 Å². The number of nitrogens with one attached hydrogen (secondary N) is 1. The van der Waals surface area contributed by atoms with E-state index in [-0.39, 0.29) is 22.6 Å². The maximum atomic E-state index is 13.1. The number of hydrogen-bond acceptors (Lipinski definition) is 5. The zero-order chi connectivity index (χ0) is 22.4. The number of carbonyl (C=O) groups excluding carboxylic acids is 1. The number of aromatic nitrogens is 4. The quantitative estimate of drug-likeness (QED) is 0.678. The van der Waals surface area contributed by atoms with Crippen molar-refractivity contribution in [2.75, 3.05) is 14.2 Å². The summed E-state index contributed by atoms with van der Waals surface area (Å²) in [5, 5.41) is 1.34. The highest BCUT2D eigenvalue weighted by Gasteiger charge is 2.57. The number of aromatic amines is 1. The second-order valence-electron chi connectivity index (χ2n) is 9.25. The summed E-state index contributed by atoms with van der Waals surface area (Å²) in [5.74, 6) is 0.758. The summed E-state index contributed by atoms with van der Waals surface area (Å²) in [6, 6.07) is 0. The van der Waals surface area contributed by atoms with Crippen LogP contribution in [0, 0.1) is 5.41 Å². The molecule has 2 unspecified atom stereocenters. The van der Waals surface area contributed by atoms with Crippen LogP contribution in [0.2, 0.25) is 0 Å². The number of carbonyl (C=O) groups is 1. The molecule has 4 rings (SSSR count). The number of fused-ring (bicyclic) bond motifs is 3. The molecule has 2 heterocycles. The topological polar surface area (TPSA) is 102 Å². The molecule has 1 amide bonds. The molecule has 31 heavy (non-hydrogen) atoms. The lowest BCUT2D eigenvalue weighted by Crippen LogP contribution is -2.43. The molecule has 9 nitrogen and oxygen atoms in total. The Hall–Kier alpha value is -2.42. The van der Waals surface area contributed by atoms with Gasteiger partial charge < -0.3 is 4.98 Å². The number of hydrogen-bond donors (Lipinski definition) is 1. The maximum absolute atomic E-state index is 13.1. The van der Waals surface area contributed by atoms with Crippen molar-refractivity contribution >= 4 is 17.1 Å². The molecule has 2 aromatic heterocycles. The minimum Gasteiger partial charge on any atom is -0.336 e. The Morgan fingerprint density at radius 2 is 1.84 bits per heavy atom. The molecule has 0 aliphatic heterocycles. The summed E-state index contributed by atoms with van der Waals surface area (Å²) in [4.78, 5) is 52.5. The summed E-state index contributed by atoms with van der Waals surface area (Å²) in [7, 11) is 3.17. The Morgan fingerprint density at radius 1 is 1.13 bits per heavy atom. The van der Waals surface area contributed by atoms with Gasteiger partial charge in [-0.2, -0.15) is 0 Å². The number of hydroxylamine groups is 2. The number of H-pyrrole nitrogens is 1. The third-order valence-electron chi connectivity index (χ3n) is 7.34. The fraction of sp³-hybridized carbons (Fsp3) is 0.727. The van der Waals surface area contributed by atoms with Gasteiger partial charge in [-0.3, -0.25) is 23.6 Å². The van der Waals surface area contributed by atoms with Gasteiger partial charge in [-0.15, -0.1) is 0 Å². The number of rotatable bonds is 7. The van der Waals surface area contributed by atoms with Crippen molar-refractivity contribution in [3.05, 3.63) is 26.7 Å². The van der Waals surface area contributed by atoms with Gasteiger partial charge in [-0.25, -0.2) is 14.8 Å². The molecule has 2 bridgehead atoms. The van der Waals surface area contributed by atoms with Gasteiger partial charge in [-0.1, -0.05) is 20.3 Å². The van der Waals surface area contributed by atoms with Crippen LogP contribution in [0.25, 0.3) is 11.2 Å². The van der Waals surface area contributed by atoms with Crippen LogP contribution < -0.4 is 11.2 Å². The van der Waals surface area contributed by atoms with Gasteiger partial charge in [0.05, 0.1) is 12.5 Å². The third-order valence-corrected chi connectivity index (χ3v) is 7.34. The molecule has 0 spiro atoms. The van der Waals surface area contributed by atoms with Crippen LogP contribution in [0.4, 0.5) is 0 Å². The standard InChI is InChI=1S/C22H33N5O4/c1-5-12-26-16-15(17(28)27(13-6-2)20(26)30)23-18(24-16)21-8-7-9-22(14-21,11-10-21)19(29)25(3)31-4/h5-14H2,1-4H3,(H,23,24). The molecule has 2 aromatic rings. The van der Waals surface area contributed by atoms with Gasteiger partial charge in [0, 0.05) is 25.6 Å². The molecule has 170 valence electrons. The monoisotopic (exact) mass is 431 g/mol. The van der Waals surface area contributed by atoms with Crippen molar-refractivity contribution in [2.24, 2.45) is 5.41 Å². The van der Waals surface area contributed by atoms with Crippen molar-refractivity contribution in [3.8, 4) is 0 Å². The second-order valence-corrected chi connectivity index (χ2v) is 9.25. The third kappa shape index (κ3) is 3.24. The van der Waals surface area contributed by atoms with E-state index in [9.17, 15) is 14.4 Å². The van der Waals surface area contributed by atoms with Crippen molar-refractivity contribution in [2.45, 2.75) is 83.7 Å². The summed E-state index contributed by atoms with van der Waals surface area (Å²) >= 11 is 0. The van der Waals surface area contributed by atoms with Crippen LogP contribution in [-0.2, 0) is 28.1 Å². The van der Waals surface area contributed by atoms with Gasteiger partial charge in [0.15, 0.2) is 5.65 Å². The van der Waals surface area contributed by atoms with Gasteiger partial charge >= 0.3 is 5.69 Å². The average Bonchev–Trinajstić information content (AvgIpc) is 3.34. The van der Waals surface area contributed by atoms with Gasteiger partial charge in [-0.05, 0) is 44.9 Å². The van der Waals surface area contributed by atoms with Crippen molar-refractivity contribution < 1.29 is 9.63 Å². The lowest BCUT2D eigenvalue weighted by atomic mass is 9.68. The van der Waals surface area contributed by atoms with E-state index in [0.717, 1.165) is 44.3 Å². The Kier molecular flexibility index (Phi) is 5.57. The zero-order valence-corrected chi connectivity index (χ0v) is 19.0. The first kappa shape index (κ1) is 21.8. The lowest BCUT2D eigenvalue weighted by molar-refractivity contribution is -0.181. The van der Waals surface area contributed by atoms with E-state index in [1.807, 2.05) is 13.8 Å². The second kappa shape index (κ2) is 7.93. The fourth-order valence-electron chi connectivity index (χ4n) is 5.79. The number of amides is 1. The molecule has 2 atom stereocenters. The van der Waals surface area contributed by atoms with Crippen molar-refractivity contribution in [3.63, 3.8) is 0 Å². The van der Waals surface area contributed by atoms with Crippen molar-refractivity contribution in [1.29, 1.82) is 0 Å². The summed E-state index contributed by atoms with van der Waals surface area (Å²) in [6.45, 7) is 4.85. The van der Waals surface area contributed by atoms with Crippen LogP contribution in [-0.4, -0.2) is 44.2 Å². The molecule has 0 radical (unpaired) electrons. The van der Waals surface area contributed by atoms with E-state index >= 15 is 0 Å². The van der Waals surface area contributed by atoms with Gasteiger partial charge in [0.1, 0.15) is 11.3 Å². The molecule has 2 aliphatic rings. The summed E-state index contributed by atoms with van der Waals surface area (Å²) in [5.41, 5.74) is -0.492. The maximum Gasteiger partial charge on any atom is 0.332 e. The van der Waals surface area contributed by atoms with Crippen LogP contribution in [0.3, 0.4) is 0 Å². The molecule has 2 saturated carbocycles. The minimum atomic E-state index is -0.451. The highest BCUT2D eigenvalue weighted by Crippen LogP contribution is 2.59. The summed E-state index contributed by atoms with van der Waals surface area (Å²) in [6.07, 6.45) is 6.44. The molecule has 9 heteroatoms. The number of nitrogens with zero attached hydrogens (tertiary/aromatic N) is 4. The Morgan fingerprint density at radius 3 is 2.52 bits per heavy atom. The van der Waals surface area contributed by atoms with Gasteiger partial charge in [0.25, 0.3) is 11.5 Å². The Labute approximate surface area is 181 Å². The van der Waals surface area contributed by atoms with E-state index in [1.54, 1.807) is 11.6 Å². The first-order chi connectivity index (χ1) is 14.8. The minimum absolute atomic E-state index is 0.0147. The molecule has 2 fully saturated rings. The highest BCUT2D eigenvalue weighted by atomic mass is 16.7. The molecule has 2 aliphatic carbocycles. The largest absolute Gasteiger partial charge is 0.336 e. The normalized spacial score (nSPS) is 25.3. The van der Waals surface area contributed by atoms with Crippen LogP contribution in [0.5, 0.6) is 0 Å². The van der Waals surface area contributed by atoms with Crippen molar-refractivity contribution in [1.82, 2.24) is 24.2 Å². The van der Waals surface area contributed by atoms with Crippen LogP contribution in [0.15, 0.2) is 9.59 Å². The lowest BCUT2D eigenvalue weighted by Gasteiger charge is -2.38. The highest BCUT2D eigenvalue weighted by molar-refractivity contribution is 5.82. The first-order valence-corrected chi connectivity index (χ1v) is 11.4. The van der Waals surface area contributed by atoms with E-state index < -0.39 is 5.41 Å². The molecule has 0 aromatic carbocycles. The zero-order valence-electron chi connectivity index (χ0n) is 19.0. The van der Waals surface area contributed by atoms with E-state index in [1.165, 1.54) is 16.7 Å². The van der Waals surface area contributed by atoms with Crippen LogP contribution in [0.1, 0.15) is 71.0 Å². The molecular formula is C22H33N5O4. The molecule has 0 saturated heterocycles. The fourth-order valence-corrected chi connectivity index (χ4v) is 5.79. The Bertz CT molecular complexity index is 1120. The SMILES string of the molecule is CCCn1c(=O)c2[nH]c(C34CCCC(C(=O)N(C)OC)(CC3)C4)nc2n(CCC)c1=O. The Balaban J connectivity index is 1.83. The number of imidazole rings is 1. The predicted octanol–water partition coefficient (Wildman–Crippen LogP) is 2.32. The first-order valence-electron chi connectivity index (χ1n) is 11.4. The van der Waals surface area contributed by atoms with E-state index in [2.05, 4.69) is 4.98 Å². The van der Waals surface area contributed by atoms with E-state index in [4.69, 9.17) is 9.82 Å². The average molecular weight is 432 g/mol. The molecular weight excluding hydrogens is 398 g/mol. The smallest absolute Gasteiger partial charge is 0.332 e. The summed E-state index contributed by atoms with van der Waals surface area (Å²) < 4.78 is 2.94. The van der Waals surface area contributed by atoms with E-state index in [0.29, 0.717) is 37.1 Å². The number of aryl methyl sites for hydroxylation is 1. The van der Waals surface area contributed by atoms with Gasteiger partial charge in [0.2, 0.25) is 0 Å².